The number of hydrogen-bond donors (Lipinski definition) is 2. The summed E-state index contributed by atoms with van der Waals surface area (Å²) in [6.07, 6.45) is 0. The zero-order valence-corrected chi connectivity index (χ0v) is 13.8. The van der Waals surface area contributed by atoms with E-state index in [1.54, 1.807) is 34.3 Å². The van der Waals surface area contributed by atoms with E-state index in [-0.39, 0.29) is 5.56 Å². The maximum Gasteiger partial charge on any atom is 0.274 e. The summed E-state index contributed by atoms with van der Waals surface area (Å²) < 4.78 is 1.75. The summed E-state index contributed by atoms with van der Waals surface area (Å²) in [6, 6.07) is 22.2. The zero-order valence-electron chi connectivity index (χ0n) is 13.8. The fraction of sp³-hybridized carbons (Fsp3) is 0.0476. The fourth-order valence-electron chi connectivity index (χ4n) is 3.26. The van der Waals surface area contributed by atoms with Gasteiger partial charge >= 0.3 is 0 Å². The van der Waals surface area contributed by atoms with Crippen molar-refractivity contribution >= 4 is 27.6 Å². The van der Waals surface area contributed by atoms with E-state index < -0.39 is 5.91 Å². The van der Waals surface area contributed by atoms with Crippen molar-refractivity contribution in [3.8, 4) is 0 Å². The van der Waals surface area contributed by atoms with Gasteiger partial charge in [-0.15, -0.1) is 0 Å². The number of amides is 1. The van der Waals surface area contributed by atoms with Crippen LogP contribution in [0.4, 0.5) is 0 Å². The molecule has 1 aromatic heterocycles. The molecule has 0 atom stereocenters. The van der Waals surface area contributed by atoms with Crippen molar-refractivity contribution < 1.29 is 10.0 Å². The van der Waals surface area contributed by atoms with Crippen LogP contribution in [0.5, 0.6) is 0 Å². The average molecular weight is 344 g/mol. The summed E-state index contributed by atoms with van der Waals surface area (Å²) in [6.45, 7) is 0.394. The lowest BCUT2D eigenvalue weighted by Crippen LogP contribution is -2.22. The van der Waals surface area contributed by atoms with Crippen LogP contribution in [-0.2, 0) is 6.54 Å². The first kappa shape index (κ1) is 16.1. The summed E-state index contributed by atoms with van der Waals surface area (Å²) in [4.78, 5) is 24.5. The lowest BCUT2D eigenvalue weighted by atomic mass is 10.1. The molecule has 26 heavy (non-hydrogen) atoms. The Bertz CT molecular complexity index is 1180. The van der Waals surface area contributed by atoms with Crippen LogP contribution < -0.4 is 11.0 Å². The summed E-state index contributed by atoms with van der Waals surface area (Å²) in [7, 11) is 0. The third-order valence-electron chi connectivity index (χ3n) is 4.55. The van der Waals surface area contributed by atoms with Crippen LogP contribution in [0.15, 0.2) is 77.6 Å². The van der Waals surface area contributed by atoms with Gasteiger partial charge in [-0.2, -0.15) is 0 Å². The van der Waals surface area contributed by atoms with Gasteiger partial charge in [-0.05, 0) is 35.2 Å². The minimum absolute atomic E-state index is 0.0449. The molecule has 2 N–H and O–H groups in total. The van der Waals surface area contributed by atoms with E-state index in [1.807, 2.05) is 48.5 Å². The molecule has 0 bridgehead atoms. The molecule has 0 spiro atoms. The van der Waals surface area contributed by atoms with Gasteiger partial charge in [-0.3, -0.25) is 14.8 Å². The highest BCUT2D eigenvalue weighted by Crippen LogP contribution is 2.23. The molecule has 0 saturated carbocycles. The Labute approximate surface area is 149 Å². The van der Waals surface area contributed by atoms with Gasteiger partial charge < -0.3 is 4.57 Å². The topological polar surface area (TPSA) is 71.3 Å². The number of nitrogens with one attached hydrogen (secondary N) is 1. The maximum absolute atomic E-state index is 13.0. The molecule has 4 rings (SSSR count). The third-order valence-corrected chi connectivity index (χ3v) is 4.55. The minimum atomic E-state index is -0.565. The number of hydrogen-bond acceptors (Lipinski definition) is 3. The Morgan fingerprint density at radius 3 is 2.15 bits per heavy atom. The normalized spacial score (nSPS) is 11.0. The number of pyridine rings is 1. The van der Waals surface area contributed by atoms with Gasteiger partial charge in [0.1, 0.15) is 0 Å². The Morgan fingerprint density at radius 1 is 0.846 bits per heavy atom. The van der Waals surface area contributed by atoms with E-state index in [0.717, 1.165) is 21.9 Å². The number of carbonyl (C=O) groups excluding carboxylic acids is 1. The highest BCUT2D eigenvalue weighted by molar-refractivity contribution is 6.05. The smallest absolute Gasteiger partial charge is 0.274 e. The maximum atomic E-state index is 13.0. The molecule has 0 aliphatic carbocycles. The largest absolute Gasteiger partial charge is 0.303 e. The summed E-state index contributed by atoms with van der Waals surface area (Å²) in [5.74, 6) is -0.565. The van der Waals surface area contributed by atoms with Gasteiger partial charge in [0, 0.05) is 16.3 Å². The Morgan fingerprint density at radius 2 is 1.46 bits per heavy atom. The number of fused-ring (bicyclic) bond motifs is 3. The van der Waals surface area contributed by atoms with E-state index in [4.69, 9.17) is 5.21 Å². The molecule has 1 heterocycles. The van der Waals surface area contributed by atoms with Crippen molar-refractivity contribution in [1.29, 1.82) is 0 Å². The van der Waals surface area contributed by atoms with Crippen molar-refractivity contribution in [2.24, 2.45) is 0 Å². The second-order valence-electron chi connectivity index (χ2n) is 6.09. The molecule has 0 fully saturated rings. The van der Waals surface area contributed by atoms with Gasteiger partial charge in [0.05, 0.1) is 12.1 Å². The first-order valence-electron chi connectivity index (χ1n) is 8.22. The average Bonchev–Trinajstić information content (AvgIpc) is 2.71. The molecule has 128 valence electrons. The summed E-state index contributed by atoms with van der Waals surface area (Å²) >= 11 is 0. The molecule has 4 aromatic rings. The lowest BCUT2D eigenvalue weighted by Gasteiger charge is -2.13. The van der Waals surface area contributed by atoms with Gasteiger partial charge in [0.15, 0.2) is 0 Å². The van der Waals surface area contributed by atoms with Crippen molar-refractivity contribution in [2.45, 2.75) is 6.54 Å². The number of aromatic nitrogens is 1. The standard InChI is InChI=1S/C21H16N2O3/c24-20(22-26)15-11-9-14(10-12-15)13-23-19-8-4-3-6-17(19)16-5-1-2-7-18(16)21(23)25/h1-12,26H,13H2,(H,22,24). The van der Waals surface area contributed by atoms with Crippen LogP contribution in [-0.4, -0.2) is 15.7 Å². The van der Waals surface area contributed by atoms with E-state index in [2.05, 4.69) is 0 Å². The molecule has 5 nitrogen and oxygen atoms in total. The molecule has 0 radical (unpaired) electrons. The molecule has 0 saturated heterocycles. The van der Waals surface area contributed by atoms with Gasteiger partial charge in [0.25, 0.3) is 11.5 Å². The molecular weight excluding hydrogens is 328 g/mol. The quantitative estimate of drug-likeness (QED) is 0.340. The van der Waals surface area contributed by atoms with Gasteiger partial charge in [-0.1, -0.05) is 48.5 Å². The fourth-order valence-corrected chi connectivity index (χ4v) is 3.26. The third kappa shape index (κ3) is 2.64. The predicted molar refractivity (Wildman–Crippen MR) is 101 cm³/mol. The predicted octanol–water partition coefficient (Wildman–Crippen LogP) is 3.32. The minimum Gasteiger partial charge on any atom is -0.303 e. The van der Waals surface area contributed by atoms with E-state index in [1.165, 1.54) is 0 Å². The van der Waals surface area contributed by atoms with Crippen molar-refractivity contribution in [1.82, 2.24) is 10.0 Å². The number of nitrogens with zero attached hydrogens (tertiary/aromatic N) is 1. The van der Waals surface area contributed by atoms with Crippen molar-refractivity contribution in [2.75, 3.05) is 0 Å². The molecule has 0 aliphatic rings. The second-order valence-corrected chi connectivity index (χ2v) is 6.09. The lowest BCUT2D eigenvalue weighted by molar-refractivity contribution is 0.0706. The summed E-state index contributed by atoms with van der Waals surface area (Å²) in [5.41, 5.74) is 3.68. The van der Waals surface area contributed by atoms with E-state index in [9.17, 15) is 9.59 Å². The van der Waals surface area contributed by atoms with Crippen LogP contribution >= 0.6 is 0 Å². The summed E-state index contributed by atoms with van der Waals surface area (Å²) in [5, 5.41) is 11.4. The molecule has 1 amide bonds. The Hall–Kier alpha value is -3.44. The number of para-hydroxylation sites is 1. The zero-order chi connectivity index (χ0) is 18.1. The Balaban J connectivity index is 1.87. The van der Waals surface area contributed by atoms with Crippen LogP contribution in [0.1, 0.15) is 15.9 Å². The van der Waals surface area contributed by atoms with Crippen molar-refractivity contribution in [3.63, 3.8) is 0 Å². The van der Waals surface area contributed by atoms with Crippen LogP contribution in [0.3, 0.4) is 0 Å². The SMILES string of the molecule is O=C(NO)c1ccc(Cn2c(=O)c3ccccc3c3ccccc32)cc1. The highest BCUT2D eigenvalue weighted by atomic mass is 16.5. The van der Waals surface area contributed by atoms with Crippen LogP contribution in [0, 0.1) is 0 Å². The molecule has 5 heteroatoms. The highest BCUT2D eigenvalue weighted by Gasteiger charge is 2.11. The van der Waals surface area contributed by atoms with Gasteiger partial charge in [-0.25, -0.2) is 5.48 Å². The molecule has 0 unspecified atom stereocenters. The molecule has 3 aromatic carbocycles. The second kappa shape index (κ2) is 6.46. The number of carbonyl (C=O) groups is 1. The van der Waals surface area contributed by atoms with Crippen LogP contribution in [0.25, 0.3) is 21.7 Å². The monoisotopic (exact) mass is 344 g/mol. The number of rotatable bonds is 3. The van der Waals surface area contributed by atoms with Gasteiger partial charge in [0.2, 0.25) is 0 Å². The number of benzene rings is 3. The number of hydroxylamine groups is 1. The first-order chi connectivity index (χ1) is 12.7. The van der Waals surface area contributed by atoms with E-state index in [0.29, 0.717) is 17.5 Å². The molecule has 0 aliphatic heterocycles. The first-order valence-corrected chi connectivity index (χ1v) is 8.22. The van der Waals surface area contributed by atoms with Crippen molar-refractivity contribution in [3.05, 3.63) is 94.3 Å². The van der Waals surface area contributed by atoms with E-state index >= 15 is 0 Å². The van der Waals surface area contributed by atoms with Crippen LogP contribution in [0.2, 0.25) is 0 Å². The Kier molecular flexibility index (Phi) is 3.99. The molecular formula is C21H16N2O3.